The molecule has 148 valence electrons. The summed E-state index contributed by atoms with van der Waals surface area (Å²) in [5.74, 6) is 0.369. The second-order valence-corrected chi connectivity index (χ2v) is 7.00. The van der Waals surface area contributed by atoms with Crippen LogP contribution in [0.15, 0.2) is 42.6 Å². The van der Waals surface area contributed by atoms with Crippen molar-refractivity contribution in [1.82, 2.24) is 15.3 Å². The maximum absolute atomic E-state index is 12.9. The molecule has 29 heavy (non-hydrogen) atoms. The minimum atomic E-state index is -0.334. The highest BCUT2D eigenvalue weighted by Gasteiger charge is 2.26. The number of hydrogen-bond acceptors (Lipinski definition) is 4. The molecule has 0 saturated heterocycles. The van der Waals surface area contributed by atoms with Gasteiger partial charge in [0.25, 0.3) is 5.91 Å². The lowest BCUT2D eigenvalue weighted by molar-refractivity contribution is 0.0945. The molecule has 0 saturated carbocycles. The Kier molecular flexibility index (Phi) is 5.12. The Morgan fingerprint density at radius 3 is 2.69 bits per heavy atom. The summed E-state index contributed by atoms with van der Waals surface area (Å²) >= 11 is 0. The average molecular weight is 393 g/mol. The third-order valence-electron chi connectivity index (χ3n) is 4.95. The van der Waals surface area contributed by atoms with Gasteiger partial charge < -0.3 is 15.0 Å². The number of nitrogens with one attached hydrogen (secondary N) is 2. The molecule has 0 aliphatic heterocycles. The molecule has 2 heterocycles. The van der Waals surface area contributed by atoms with Gasteiger partial charge in [-0.25, -0.2) is 9.37 Å². The van der Waals surface area contributed by atoms with E-state index in [0.717, 1.165) is 24.1 Å². The average Bonchev–Trinajstić information content (AvgIpc) is 3.07. The van der Waals surface area contributed by atoms with Crippen LogP contribution in [0.2, 0.25) is 0 Å². The van der Waals surface area contributed by atoms with Crippen molar-refractivity contribution in [1.29, 1.82) is 0 Å². The predicted molar refractivity (Wildman–Crippen MR) is 105 cm³/mol. The lowest BCUT2D eigenvalue weighted by Crippen LogP contribution is -2.24. The highest BCUT2D eigenvalue weighted by atomic mass is 19.1. The highest BCUT2D eigenvalue weighted by Crippen LogP contribution is 2.26. The van der Waals surface area contributed by atoms with Crippen LogP contribution in [-0.2, 0) is 13.0 Å². The Bertz CT molecular complexity index is 1060. The number of aryl methyl sites for hydroxylation is 1. The molecule has 1 aliphatic carbocycles. The molecule has 1 aromatic carbocycles. The third kappa shape index (κ3) is 4.03. The number of pyridine rings is 1. The van der Waals surface area contributed by atoms with Crippen LogP contribution < -0.4 is 10.1 Å². The number of carbonyl (C=O) groups excluding carboxylic acids is 2. The van der Waals surface area contributed by atoms with Crippen molar-refractivity contribution >= 4 is 11.7 Å². The standard InChI is InChI=1S/C22H20FN3O3/c1-13-20-17(3-2-4-18(20)27)26-21(13)22(28)25-12-14-5-10-19(24-11-14)29-16-8-6-15(23)7-9-16/h5-11,26H,2-4,12H2,1H3,(H,25,28). The first-order valence-electron chi connectivity index (χ1n) is 9.42. The van der Waals surface area contributed by atoms with Gasteiger partial charge in [0.05, 0.1) is 0 Å². The molecule has 0 atom stereocenters. The van der Waals surface area contributed by atoms with Crippen LogP contribution in [0.25, 0.3) is 0 Å². The molecule has 4 rings (SSSR count). The van der Waals surface area contributed by atoms with Gasteiger partial charge in [-0.1, -0.05) is 6.07 Å². The molecular formula is C22H20FN3O3. The van der Waals surface area contributed by atoms with Gasteiger partial charge in [-0.2, -0.15) is 0 Å². The van der Waals surface area contributed by atoms with E-state index in [1.165, 1.54) is 24.3 Å². The number of rotatable bonds is 5. The SMILES string of the molecule is Cc1c(C(=O)NCc2ccc(Oc3ccc(F)cc3)nc2)[nH]c2c1C(=O)CCC2. The zero-order valence-corrected chi connectivity index (χ0v) is 15.9. The summed E-state index contributed by atoms with van der Waals surface area (Å²) in [5, 5.41) is 2.85. The minimum Gasteiger partial charge on any atom is -0.439 e. The smallest absolute Gasteiger partial charge is 0.268 e. The molecule has 6 nitrogen and oxygen atoms in total. The summed E-state index contributed by atoms with van der Waals surface area (Å²) < 4.78 is 18.5. The number of benzene rings is 1. The summed E-state index contributed by atoms with van der Waals surface area (Å²) in [7, 11) is 0. The molecule has 2 N–H and O–H groups in total. The molecular weight excluding hydrogens is 373 g/mol. The number of H-pyrrole nitrogens is 1. The van der Waals surface area contributed by atoms with Crippen molar-refractivity contribution in [3.63, 3.8) is 0 Å². The van der Waals surface area contributed by atoms with E-state index >= 15 is 0 Å². The van der Waals surface area contributed by atoms with Gasteiger partial charge in [-0.15, -0.1) is 0 Å². The largest absolute Gasteiger partial charge is 0.439 e. The number of fused-ring (bicyclic) bond motifs is 1. The number of carbonyl (C=O) groups is 2. The molecule has 0 radical (unpaired) electrons. The van der Waals surface area contributed by atoms with Gasteiger partial charge in [0.15, 0.2) is 5.78 Å². The number of halogens is 1. The molecule has 7 heteroatoms. The molecule has 0 fully saturated rings. The van der Waals surface area contributed by atoms with Crippen LogP contribution in [0.4, 0.5) is 4.39 Å². The zero-order chi connectivity index (χ0) is 20.4. The molecule has 0 bridgehead atoms. The minimum absolute atomic E-state index is 0.0972. The van der Waals surface area contributed by atoms with E-state index in [-0.39, 0.29) is 17.5 Å². The number of Topliss-reactive ketones (excluding diaryl/α,β-unsaturated/α-hetero) is 1. The molecule has 2 aromatic heterocycles. The molecule has 1 amide bonds. The first-order valence-corrected chi connectivity index (χ1v) is 9.42. The number of aromatic amines is 1. The molecule has 0 spiro atoms. The van der Waals surface area contributed by atoms with Gasteiger partial charge in [-0.05, 0) is 55.2 Å². The number of aromatic nitrogens is 2. The number of ether oxygens (including phenoxy) is 1. The highest BCUT2D eigenvalue weighted by molar-refractivity contribution is 6.04. The van der Waals surface area contributed by atoms with Crippen LogP contribution in [0, 0.1) is 12.7 Å². The summed E-state index contributed by atoms with van der Waals surface area (Å²) in [6.07, 6.45) is 3.74. The van der Waals surface area contributed by atoms with Crippen LogP contribution in [-0.4, -0.2) is 21.7 Å². The van der Waals surface area contributed by atoms with Gasteiger partial charge >= 0.3 is 0 Å². The summed E-state index contributed by atoms with van der Waals surface area (Å²) in [5.41, 5.74) is 3.48. The van der Waals surface area contributed by atoms with Crippen molar-refractivity contribution in [2.75, 3.05) is 0 Å². The first kappa shape index (κ1) is 18.9. The Balaban J connectivity index is 1.38. The second-order valence-electron chi connectivity index (χ2n) is 7.00. The van der Waals surface area contributed by atoms with Crippen molar-refractivity contribution in [2.24, 2.45) is 0 Å². The molecule has 1 aliphatic rings. The maximum atomic E-state index is 12.9. The maximum Gasteiger partial charge on any atom is 0.268 e. The van der Waals surface area contributed by atoms with Gasteiger partial charge in [0.2, 0.25) is 5.88 Å². The monoisotopic (exact) mass is 393 g/mol. The van der Waals surface area contributed by atoms with Crippen molar-refractivity contribution in [3.05, 3.63) is 76.5 Å². The Morgan fingerprint density at radius 2 is 2.00 bits per heavy atom. The van der Waals surface area contributed by atoms with Crippen LogP contribution in [0.3, 0.4) is 0 Å². The van der Waals surface area contributed by atoms with Crippen LogP contribution >= 0.6 is 0 Å². The van der Waals surface area contributed by atoms with Crippen LogP contribution in [0.1, 0.15) is 50.5 Å². The van der Waals surface area contributed by atoms with Gasteiger partial charge in [-0.3, -0.25) is 9.59 Å². The Labute approximate surface area is 167 Å². The topological polar surface area (TPSA) is 84.1 Å². The predicted octanol–water partition coefficient (Wildman–Crippen LogP) is 4.10. The Morgan fingerprint density at radius 1 is 1.21 bits per heavy atom. The quantitative estimate of drug-likeness (QED) is 0.684. The van der Waals surface area contributed by atoms with Crippen molar-refractivity contribution in [3.8, 4) is 11.6 Å². The van der Waals surface area contributed by atoms with Crippen LogP contribution in [0.5, 0.6) is 11.6 Å². The zero-order valence-electron chi connectivity index (χ0n) is 15.9. The second kappa shape index (κ2) is 7.87. The van der Waals surface area contributed by atoms with E-state index in [0.29, 0.717) is 41.4 Å². The molecule has 0 unspecified atom stereocenters. The normalized spacial score (nSPS) is 13.1. The van der Waals surface area contributed by atoms with E-state index in [1.54, 1.807) is 25.3 Å². The van der Waals surface area contributed by atoms with E-state index in [9.17, 15) is 14.0 Å². The lowest BCUT2D eigenvalue weighted by Gasteiger charge is -2.09. The van der Waals surface area contributed by atoms with Crippen molar-refractivity contribution in [2.45, 2.75) is 32.7 Å². The number of nitrogens with zero attached hydrogens (tertiary/aromatic N) is 1. The fourth-order valence-electron chi connectivity index (χ4n) is 3.47. The van der Waals surface area contributed by atoms with E-state index < -0.39 is 0 Å². The molecule has 3 aromatic rings. The van der Waals surface area contributed by atoms with Gasteiger partial charge in [0.1, 0.15) is 17.3 Å². The lowest BCUT2D eigenvalue weighted by atomic mass is 9.94. The number of amides is 1. The van der Waals surface area contributed by atoms with Gasteiger partial charge in [0, 0.05) is 36.5 Å². The number of hydrogen-bond donors (Lipinski definition) is 2. The van der Waals surface area contributed by atoms with E-state index in [1.807, 2.05) is 0 Å². The summed E-state index contributed by atoms with van der Waals surface area (Å²) in [6, 6.07) is 9.15. The summed E-state index contributed by atoms with van der Waals surface area (Å²) in [6.45, 7) is 2.09. The van der Waals surface area contributed by atoms with Crippen molar-refractivity contribution < 1.29 is 18.7 Å². The Hall–Kier alpha value is -3.48. The van der Waals surface area contributed by atoms with E-state index in [2.05, 4.69) is 15.3 Å². The summed E-state index contributed by atoms with van der Waals surface area (Å²) in [4.78, 5) is 32.0. The first-order chi connectivity index (χ1) is 14.0. The number of ketones is 1. The van der Waals surface area contributed by atoms with E-state index in [4.69, 9.17) is 4.74 Å². The fraction of sp³-hybridized carbons (Fsp3) is 0.227. The third-order valence-corrected chi connectivity index (χ3v) is 4.95. The fourth-order valence-corrected chi connectivity index (χ4v) is 3.47.